The molecule has 0 aliphatic heterocycles. The van der Waals surface area contributed by atoms with Crippen molar-refractivity contribution >= 4 is 5.69 Å². The van der Waals surface area contributed by atoms with E-state index in [1.807, 2.05) is 18.2 Å². The SMILES string of the molecule is CC(C)(C)c1ccccc1NCc1cnoc1-c1ccco1. The van der Waals surface area contributed by atoms with Crippen LogP contribution in [-0.2, 0) is 12.0 Å². The average molecular weight is 296 g/mol. The molecule has 0 saturated carbocycles. The van der Waals surface area contributed by atoms with Gasteiger partial charge >= 0.3 is 0 Å². The summed E-state index contributed by atoms with van der Waals surface area (Å²) < 4.78 is 10.7. The third kappa shape index (κ3) is 2.91. The Morgan fingerprint density at radius 3 is 2.64 bits per heavy atom. The van der Waals surface area contributed by atoms with Crippen LogP contribution in [0.1, 0.15) is 31.9 Å². The highest BCUT2D eigenvalue weighted by Gasteiger charge is 2.18. The van der Waals surface area contributed by atoms with E-state index in [0.29, 0.717) is 18.1 Å². The lowest BCUT2D eigenvalue weighted by Crippen LogP contribution is -2.14. The molecule has 0 unspecified atom stereocenters. The second kappa shape index (κ2) is 5.72. The minimum atomic E-state index is 0.0854. The maximum Gasteiger partial charge on any atom is 0.206 e. The first-order valence-electron chi connectivity index (χ1n) is 7.36. The molecule has 3 aromatic rings. The molecule has 4 heteroatoms. The van der Waals surface area contributed by atoms with Gasteiger partial charge in [-0.2, -0.15) is 0 Å². The number of hydrogen-bond donors (Lipinski definition) is 1. The van der Waals surface area contributed by atoms with Gasteiger partial charge in [0.1, 0.15) is 0 Å². The molecule has 0 radical (unpaired) electrons. The zero-order valence-electron chi connectivity index (χ0n) is 13.1. The van der Waals surface area contributed by atoms with E-state index in [0.717, 1.165) is 11.3 Å². The minimum Gasteiger partial charge on any atom is -0.461 e. The van der Waals surface area contributed by atoms with Crippen LogP contribution in [0.3, 0.4) is 0 Å². The number of aromatic nitrogens is 1. The predicted molar refractivity (Wildman–Crippen MR) is 86.7 cm³/mol. The molecule has 0 saturated heterocycles. The summed E-state index contributed by atoms with van der Waals surface area (Å²) in [7, 11) is 0. The molecule has 0 bridgehead atoms. The van der Waals surface area contributed by atoms with Crippen molar-refractivity contribution in [3.8, 4) is 11.5 Å². The molecule has 0 aliphatic rings. The monoisotopic (exact) mass is 296 g/mol. The number of rotatable bonds is 4. The van der Waals surface area contributed by atoms with Gasteiger partial charge in [0.15, 0.2) is 5.76 Å². The Kier molecular flexibility index (Phi) is 3.75. The highest BCUT2D eigenvalue weighted by atomic mass is 16.5. The van der Waals surface area contributed by atoms with Crippen LogP contribution in [0, 0.1) is 0 Å². The van der Waals surface area contributed by atoms with E-state index >= 15 is 0 Å². The molecule has 2 aromatic heterocycles. The fourth-order valence-corrected chi connectivity index (χ4v) is 2.48. The smallest absolute Gasteiger partial charge is 0.206 e. The molecule has 1 N–H and O–H groups in total. The Morgan fingerprint density at radius 1 is 1.09 bits per heavy atom. The fraction of sp³-hybridized carbons (Fsp3) is 0.278. The number of nitrogens with zero attached hydrogens (tertiary/aromatic N) is 1. The Bertz CT molecular complexity index is 737. The molecule has 0 fully saturated rings. The number of hydrogen-bond acceptors (Lipinski definition) is 4. The van der Waals surface area contributed by atoms with E-state index in [1.165, 1.54) is 5.56 Å². The second-order valence-electron chi connectivity index (χ2n) is 6.31. The zero-order valence-corrected chi connectivity index (χ0v) is 13.1. The van der Waals surface area contributed by atoms with Gasteiger partial charge in [-0.25, -0.2) is 0 Å². The van der Waals surface area contributed by atoms with Crippen LogP contribution in [-0.4, -0.2) is 5.16 Å². The summed E-state index contributed by atoms with van der Waals surface area (Å²) in [5, 5.41) is 7.37. The Labute approximate surface area is 130 Å². The van der Waals surface area contributed by atoms with Gasteiger partial charge in [-0.1, -0.05) is 44.1 Å². The van der Waals surface area contributed by atoms with Crippen molar-refractivity contribution in [2.24, 2.45) is 0 Å². The van der Waals surface area contributed by atoms with Gasteiger partial charge in [0.05, 0.1) is 12.5 Å². The number of para-hydroxylation sites is 1. The normalized spacial score (nSPS) is 11.6. The summed E-state index contributed by atoms with van der Waals surface area (Å²) in [5.74, 6) is 1.36. The molecule has 0 aliphatic carbocycles. The molecule has 4 nitrogen and oxygen atoms in total. The molecular weight excluding hydrogens is 276 g/mol. The quantitative estimate of drug-likeness (QED) is 0.748. The largest absolute Gasteiger partial charge is 0.461 e. The summed E-state index contributed by atoms with van der Waals surface area (Å²) in [4.78, 5) is 0. The summed E-state index contributed by atoms with van der Waals surface area (Å²) in [5.41, 5.74) is 3.47. The van der Waals surface area contributed by atoms with Crippen LogP contribution >= 0.6 is 0 Å². The van der Waals surface area contributed by atoms with Crippen molar-refractivity contribution in [1.29, 1.82) is 0 Å². The number of benzene rings is 1. The molecule has 22 heavy (non-hydrogen) atoms. The molecule has 3 rings (SSSR count). The topological polar surface area (TPSA) is 51.2 Å². The second-order valence-corrected chi connectivity index (χ2v) is 6.31. The van der Waals surface area contributed by atoms with Gasteiger partial charge < -0.3 is 14.3 Å². The number of anilines is 1. The van der Waals surface area contributed by atoms with E-state index in [4.69, 9.17) is 8.94 Å². The van der Waals surface area contributed by atoms with Gasteiger partial charge in [0.25, 0.3) is 0 Å². The Balaban J connectivity index is 1.82. The third-order valence-electron chi connectivity index (χ3n) is 3.59. The molecule has 114 valence electrons. The van der Waals surface area contributed by atoms with E-state index in [2.05, 4.69) is 49.4 Å². The summed E-state index contributed by atoms with van der Waals surface area (Å²) in [6.07, 6.45) is 3.36. The van der Waals surface area contributed by atoms with Gasteiger partial charge in [-0.3, -0.25) is 0 Å². The average Bonchev–Trinajstić information content (AvgIpc) is 3.15. The van der Waals surface area contributed by atoms with Gasteiger partial charge in [-0.05, 0) is 29.2 Å². The molecule has 1 aromatic carbocycles. The van der Waals surface area contributed by atoms with Crippen LogP contribution in [0.5, 0.6) is 0 Å². The van der Waals surface area contributed by atoms with Crippen LogP contribution < -0.4 is 5.32 Å². The molecule has 0 amide bonds. The molecule has 0 spiro atoms. The van der Waals surface area contributed by atoms with E-state index in [-0.39, 0.29) is 5.41 Å². The Morgan fingerprint density at radius 2 is 1.91 bits per heavy atom. The van der Waals surface area contributed by atoms with Crippen molar-refractivity contribution in [2.75, 3.05) is 5.32 Å². The third-order valence-corrected chi connectivity index (χ3v) is 3.59. The fourth-order valence-electron chi connectivity index (χ4n) is 2.48. The number of furan rings is 1. The number of nitrogens with one attached hydrogen (secondary N) is 1. The molecule has 0 atom stereocenters. The zero-order chi connectivity index (χ0) is 15.6. The molecule has 2 heterocycles. The Hall–Kier alpha value is -2.49. The van der Waals surface area contributed by atoms with Crippen LogP contribution in [0.2, 0.25) is 0 Å². The van der Waals surface area contributed by atoms with Crippen LogP contribution in [0.15, 0.2) is 57.8 Å². The van der Waals surface area contributed by atoms with E-state index in [9.17, 15) is 0 Å². The van der Waals surface area contributed by atoms with Crippen molar-refractivity contribution in [3.05, 3.63) is 60.0 Å². The highest BCUT2D eigenvalue weighted by molar-refractivity contribution is 5.58. The van der Waals surface area contributed by atoms with Crippen molar-refractivity contribution in [1.82, 2.24) is 5.16 Å². The first-order chi connectivity index (χ1) is 10.6. The van der Waals surface area contributed by atoms with Gasteiger partial charge in [0, 0.05) is 17.8 Å². The van der Waals surface area contributed by atoms with E-state index < -0.39 is 0 Å². The lowest BCUT2D eigenvalue weighted by atomic mass is 9.86. The highest BCUT2D eigenvalue weighted by Crippen LogP contribution is 2.30. The summed E-state index contributed by atoms with van der Waals surface area (Å²) in [6, 6.07) is 12.1. The standard InChI is InChI=1S/C18H20N2O2/c1-18(2,3)14-7-4-5-8-15(14)19-11-13-12-20-22-17(13)16-9-6-10-21-16/h4-10,12,19H,11H2,1-3H3. The van der Waals surface area contributed by atoms with E-state index in [1.54, 1.807) is 12.5 Å². The predicted octanol–water partition coefficient (Wildman–Crippen LogP) is 4.84. The summed E-state index contributed by atoms with van der Waals surface area (Å²) >= 11 is 0. The van der Waals surface area contributed by atoms with Crippen molar-refractivity contribution < 1.29 is 8.94 Å². The van der Waals surface area contributed by atoms with Gasteiger partial charge in [-0.15, -0.1) is 0 Å². The van der Waals surface area contributed by atoms with Gasteiger partial charge in [0.2, 0.25) is 5.76 Å². The lowest BCUT2D eigenvalue weighted by molar-refractivity contribution is 0.417. The summed E-state index contributed by atoms with van der Waals surface area (Å²) in [6.45, 7) is 7.26. The molecular formula is C18H20N2O2. The van der Waals surface area contributed by atoms with Crippen molar-refractivity contribution in [3.63, 3.8) is 0 Å². The van der Waals surface area contributed by atoms with Crippen LogP contribution in [0.4, 0.5) is 5.69 Å². The minimum absolute atomic E-state index is 0.0854. The maximum atomic E-state index is 5.39. The lowest BCUT2D eigenvalue weighted by Gasteiger charge is -2.23. The maximum absolute atomic E-state index is 5.39. The first-order valence-corrected chi connectivity index (χ1v) is 7.36. The van der Waals surface area contributed by atoms with Crippen LogP contribution in [0.25, 0.3) is 11.5 Å². The van der Waals surface area contributed by atoms with Crippen molar-refractivity contribution in [2.45, 2.75) is 32.7 Å². The first kappa shape index (κ1) is 14.4.